The number of aromatic hydroxyl groups is 1. The van der Waals surface area contributed by atoms with E-state index >= 15 is 0 Å². The van der Waals surface area contributed by atoms with Crippen LogP contribution >= 0.6 is 0 Å². The number of carbonyl (C=O) groups excluding carboxylic acids is 1. The predicted octanol–water partition coefficient (Wildman–Crippen LogP) is -0.442. The lowest BCUT2D eigenvalue weighted by Crippen LogP contribution is -2.27. The highest BCUT2D eigenvalue weighted by molar-refractivity contribution is 5.94. The number of rotatable bonds is 4. The second kappa shape index (κ2) is 5.13. The second-order valence-electron chi connectivity index (χ2n) is 2.48. The van der Waals surface area contributed by atoms with Crippen molar-refractivity contribution in [3.63, 3.8) is 0 Å². The quantitative estimate of drug-likeness (QED) is 0.639. The van der Waals surface area contributed by atoms with Gasteiger partial charge in [0.25, 0.3) is 5.91 Å². The van der Waals surface area contributed by atoms with Crippen molar-refractivity contribution in [3.8, 4) is 5.88 Å². The van der Waals surface area contributed by atoms with E-state index in [9.17, 15) is 9.90 Å². The fraction of sp³-hybridized carbons (Fsp3) is 0.375. The van der Waals surface area contributed by atoms with Crippen LogP contribution in [0.3, 0.4) is 0 Å². The number of amides is 1. The van der Waals surface area contributed by atoms with E-state index in [2.05, 4.69) is 15.3 Å². The molecule has 0 spiro atoms. The Morgan fingerprint density at radius 2 is 2.29 bits per heavy atom. The maximum atomic E-state index is 11.3. The van der Waals surface area contributed by atoms with E-state index in [0.717, 1.165) is 0 Å². The molecule has 0 aliphatic rings. The molecule has 0 unspecified atom stereocenters. The molecule has 0 aromatic carbocycles. The Morgan fingerprint density at radius 3 is 2.93 bits per heavy atom. The first kappa shape index (κ1) is 10.4. The van der Waals surface area contributed by atoms with Crippen LogP contribution in [0.4, 0.5) is 0 Å². The summed E-state index contributed by atoms with van der Waals surface area (Å²) < 4.78 is 4.75. The van der Waals surface area contributed by atoms with Gasteiger partial charge in [-0.2, -0.15) is 0 Å². The Kier molecular flexibility index (Phi) is 3.81. The van der Waals surface area contributed by atoms with E-state index in [1.54, 1.807) is 0 Å². The molecule has 76 valence electrons. The van der Waals surface area contributed by atoms with Crippen LogP contribution in [0.15, 0.2) is 12.4 Å². The Bertz CT molecular complexity index is 316. The number of hydrogen-bond donors (Lipinski definition) is 2. The van der Waals surface area contributed by atoms with Crippen LogP contribution in [0.1, 0.15) is 10.5 Å². The summed E-state index contributed by atoms with van der Waals surface area (Å²) in [5.41, 5.74) is -0.0800. The molecule has 6 nitrogen and oxygen atoms in total. The molecule has 14 heavy (non-hydrogen) atoms. The molecule has 1 rings (SSSR count). The molecule has 0 saturated heterocycles. The monoisotopic (exact) mass is 197 g/mol. The first-order valence-corrected chi connectivity index (χ1v) is 4.03. The van der Waals surface area contributed by atoms with Crippen molar-refractivity contribution in [3.05, 3.63) is 18.1 Å². The van der Waals surface area contributed by atoms with E-state index in [4.69, 9.17) is 4.74 Å². The molecule has 1 amide bonds. The minimum Gasteiger partial charge on any atom is -0.492 e. The Hall–Kier alpha value is -1.69. The van der Waals surface area contributed by atoms with Gasteiger partial charge in [0.05, 0.1) is 6.61 Å². The highest BCUT2D eigenvalue weighted by atomic mass is 16.5. The van der Waals surface area contributed by atoms with Gasteiger partial charge < -0.3 is 15.2 Å². The first-order valence-electron chi connectivity index (χ1n) is 4.03. The topological polar surface area (TPSA) is 84.3 Å². The molecule has 2 N–H and O–H groups in total. The first-order chi connectivity index (χ1) is 6.75. The standard InChI is InChI=1S/C8H11N3O3/c1-14-5-4-11-8(13)6-7(12)10-3-2-9-6/h2-3H,4-5H2,1H3,(H,10,12)(H,11,13). The van der Waals surface area contributed by atoms with Crippen molar-refractivity contribution in [1.82, 2.24) is 15.3 Å². The summed E-state index contributed by atoms with van der Waals surface area (Å²) in [6, 6.07) is 0. The van der Waals surface area contributed by atoms with Gasteiger partial charge in [-0.3, -0.25) is 4.79 Å². The molecule has 0 aliphatic carbocycles. The number of aromatic nitrogens is 2. The maximum Gasteiger partial charge on any atom is 0.275 e. The molecule has 1 heterocycles. The van der Waals surface area contributed by atoms with Crippen LogP contribution in [-0.2, 0) is 4.74 Å². The SMILES string of the molecule is COCCNC(=O)c1nccnc1O. The third-order valence-corrected chi connectivity index (χ3v) is 1.49. The fourth-order valence-corrected chi connectivity index (χ4v) is 0.841. The summed E-state index contributed by atoms with van der Waals surface area (Å²) in [5.74, 6) is -0.838. The van der Waals surface area contributed by atoms with Gasteiger partial charge in [-0.15, -0.1) is 0 Å². The van der Waals surface area contributed by atoms with Crippen molar-refractivity contribution < 1.29 is 14.6 Å². The van der Waals surface area contributed by atoms with Crippen LogP contribution in [-0.4, -0.2) is 41.2 Å². The second-order valence-corrected chi connectivity index (χ2v) is 2.48. The molecule has 1 aromatic heterocycles. The molecule has 0 bridgehead atoms. The normalized spacial score (nSPS) is 9.79. The highest BCUT2D eigenvalue weighted by Crippen LogP contribution is 2.07. The van der Waals surface area contributed by atoms with Crippen molar-refractivity contribution in [2.45, 2.75) is 0 Å². The van der Waals surface area contributed by atoms with Gasteiger partial charge >= 0.3 is 0 Å². The molecule has 1 aromatic rings. The largest absolute Gasteiger partial charge is 0.492 e. The number of hydrogen-bond acceptors (Lipinski definition) is 5. The predicted molar refractivity (Wildman–Crippen MR) is 47.9 cm³/mol. The van der Waals surface area contributed by atoms with Gasteiger partial charge in [0.15, 0.2) is 5.69 Å². The summed E-state index contributed by atoms with van der Waals surface area (Å²) in [6.07, 6.45) is 2.65. The summed E-state index contributed by atoms with van der Waals surface area (Å²) >= 11 is 0. The van der Waals surface area contributed by atoms with Crippen LogP contribution < -0.4 is 5.32 Å². The molecular weight excluding hydrogens is 186 g/mol. The van der Waals surface area contributed by atoms with E-state index in [-0.39, 0.29) is 11.6 Å². The Morgan fingerprint density at radius 1 is 1.57 bits per heavy atom. The number of nitrogens with zero attached hydrogens (tertiary/aromatic N) is 2. The number of ether oxygens (including phenoxy) is 1. The zero-order valence-corrected chi connectivity index (χ0v) is 7.73. The minimum absolute atomic E-state index is 0.0800. The number of nitrogens with one attached hydrogen (secondary N) is 1. The summed E-state index contributed by atoms with van der Waals surface area (Å²) in [6.45, 7) is 0.776. The van der Waals surface area contributed by atoms with Crippen molar-refractivity contribution in [2.24, 2.45) is 0 Å². The van der Waals surface area contributed by atoms with Gasteiger partial charge in [-0.05, 0) is 0 Å². The molecule has 0 fully saturated rings. The lowest BCUT2D eigenvalue weighted by Gasteiger charge is -2.03. The van der Waals surface area contributed by atoms with Gasteiger partial charge in [-0.1, -0.05) is 0 Å². The third kappa shape index (κ3) is 2.67. The highest BCUT2D eigenvalue weighted by Gasteiger charge is 2.11. The van der Waals surface area contributed by atoms with Crippen LogP contribution in [0.2, 0.25) is 0 Å². The summed E-state index contributed by atoms with van der Waals surface area (Å²) in [4.78, 5) is 18.5. The van der Waals surface area contributed by atoms with E-state index < -0.39 is 5.91 Å². The average Bonchev–Trinajstić information content (AvgIpc) is 2.18. The smallest absolute Gasteiger partial charge is 0.275 e. The minimum atomic E-state index is -0.465. The fourth-order valence-electron chi connectivity index (χ4n) is 0.841. The number of methoxy groups -OCH3 is 1. The average molecular weight is 197 g/mol. The molecular formula is C8H11N3O3. The van der Waals surface area contributed by atoms with Gasteiger partial charge in [-0.25, -0.2) is 9.97 Å². The summed E-state index contributed by atoms with van der Waals surface area (Å²) in [5, 5.41) is 11.7. The van der Waals surface area contributed by atoms with E-state index in [0.29, 0.717) is 13.2 Å². The van der Waals surface area contributed by atoms with Crippen LogP contribution in [0.25, 0.3) is 0 Å². The zero-order chi connectivity index (χ0) is 10.4. The number of carbonyl (C=O) groups is 1. The summed E-state index contributed by atoms with van der Waals surface area (Å²) in [7, 11) is 1.53. The van der Waals surface area contributed by atoms with Gasteiger partial charge in [0, 0.05) is 26.0 Å². The zero-order valence-electron chi connectivity index (χ0n) is 7.73. The Labute approximate surface area is 80.9 Å². The van der Waals surface area contributed by atoms with E-state index in [1.165, 1.54) is 19.5 Å². The Balaban J connectivity index is 2.56. The molecule has 6 heteroatoms. The lowest BCUT2D eigenvalue weighted by molar-refractivity contribution is 0.0928. The lowest BCUT2D eigenvalue weighted by atomic mass is 10.4. The molecule has 0 saturated carbocycles. The third-order valence-electron chi connectivity index (χ3n) is 1.49. The maximum absolute atomic E-state index is 11.3. The van der Waals surface area contributed by atoms with Crippen molar-refractivity contribution >= 4 is 5.91 Å². The molecule has 0 aliphatic heterocycles. The van der Waals surface area contributed by atoms with Gasteiger partial charge in [0.2, 0.25) is 5.88 Å². The van der Waals surface area contributed by atoms with Gasteiger partial charge in [0.1, 0.15) is 0 Å². The van der Waals surface area contributed by atoms with Crippen LogP contribution in [0, 0.1) is 0 Å². The van der Waals surface area contributed by atoms with Crippen LogP contribution in [0.5, 0.6) is 5.88 Å². The van der Waals surface area contributed by atoms with E-state index in [1.807, 2.05) is 0 Å². The van der Waals surface area contributed by atoms with Crippen molar-refractivity contribution in [1.29, 1.82) is 0 Å². The van der Waals surface area contributed by atoms with Crippen molar-refractivity contribution in [2.75, 3.05) is 20.3 Å². The molecule has 0 radical (unpaired) electrons. The molecule has 0 atom stereocenters.